The molecule has 1 saturated carbocycles. The Hall–Kier alpha value is -0.540. The van der Waals surface area contributed by atoms with Crippen molar-refractivity contribution in [2.75, 3.05) is 5.73 Å². The molecule has 3 heteroatoms. The molecule has 0 spiro atoms. The minimum Gasteiger partial charge on any atom is -0.398 e. The normalized spacial score (nSPS) is 24.6. The largest absolute Gasteiger partial charge is 0.398 e. The van der Waals surface area contributed by atoms with Gasteiger partial charge in [0.15, 0.2) is 0 Å². The maximum Gasteiger partial charge on any atom is 0.0468 e. The molecule has 1 fully saturated rings. The first kappa shape index (κ1) is 9.99. The summed E-state index contributed by atoms with van der Waals surface area (Å²) in [6.45, 7) is 5.58. The minimum absolute atomic E-state index is 0.478. The molecule has 0 saturated heterocycles. The lowest BCUT2D eigenvalue weighted by atomic mass is 9.67. The van der Waals surface area contributed by atoms with Gasteiger partial charge in [-0.05, 0) is 29.7 Å². The van der Waals surface area contributed by atoms with Crippen molar-refractivity contribution in [2.45, 2.75) is 39.3 Å². The maximum absolute atomic E-state index is 5.82. The Kier molecular flexibility index (Phi) is 2.54. The summed E-state index contributed by atoms with van der Waals surface area (Å²) in [4.78, 5) is 1.27. The summed E-state index contributed by atoms with van der Waals surface area (Å²) in [5.74, 6) is 0. The summed E-state index contributed by atoms with van der Waals surface area (Å²) < 4.78 is 0. The summed E-state index contributed by atoms with van der Waals surface area (Å²) in [5.41, 5.74) is 7.23. The smallest absolute Gasteiger partial charge is 0.0468 e. The second-order valence-corrected chi connectivity index (χ2v) is 5.76. The van der Waals surface area contributed by atoms with E-state index in [4.69, 9.17) is 5.73 Å². The Labute approximate surface area is 89.5 Å². The third kappa shape index (κ3) is 1.79. The molecule has 0 bridgehead atoms. The molecule has 0 amide bonds. The third-order valence-electron chi connectivity index (χ3n) is 3.31. The van der Waals surface area contributed by atoms with Crippen molar-refractivity contribution in [1.82, 2.24) is 5.32 Å². The molecule has 78 valence electrons. The van der Waals surface area contributed by atoms with E-state index in [0.717, 1.165) is 12.2 Å². The van der Waals surface area contributed by atoms with Gasteiger partial charge in [0, 0.05) is 23.2 Å². The predicted octanol–water partition coefficient (Wildman–Crippen LogP) is 2.61. The first-order valence-electron chi connectivity index (χ1n) is 5.15. The van der Waals surface area contributed by atoms with Crippen LogP contribution in [0.2, 0.25) is 0 Å². The monoisotopic (exact) mass is 210 g/mol. The fourth-order valence-electron chi connectivity index (χ4n) is 1.95. The van der Waals surface area contributed by atoms with Gasteiger partial charge in [0.05, 0.1) is 0 Å². The molecule has 14 heavy (non-hydrogen) atoms. The average molecular weight is 210 g/mol. The lowest BCUT2D eigenvalue weighted by Gasteiger charge is -2.45. The van der Waals surface area contributed by atoms with Crippen LogP contribution in [-0.4, -0.2) is 6.04 Å². The highest BCUT2D eigenvalue weighted by Gasteiger charge is 2.37. The SMILES string of the molecule is CC1(C)CCC1NCc1sccc1N. The van der Waals surface area contributed by atoms with Gasteiger partial charge >= 0.3 is 0 Å². The van der Waals surface area contributed by atoms with Crippen LogP contribution in [0.5, 0.6) is 0 Å². The lowest BCUT2D eigenvalue weighted by Crippen LogP contribution is -2.49. The molecular formula is C11H18N2S. The first-order valence-corrected chi connectivity index (χ1v) is 6.03. The lowest BCUT2D eigenvalue weighted by molar-refractivity contribution is 0.108. The van der Waals surface area contributed by atoms with E-state index in [0.29, 0.717) is 11.5 Å². The Bertz CT molecular complexity index is 317. The first-order chi connectivity index (χ1) is 6.59. The molecule has 1 aliphatic carbocycles. The summed E-state index contributed by atoms with van der Waals surface area (Å²) in [5, 5.41) is 5.64. The van der Waals surface area contributed by atoms with E-state index in [2.05, 4.69) is 24.5 Å². The Morgan fingerprint density at radius 1 is 1.64 bits per heavy atom. The van der Waals surface area contributed by atoms with Gasteiger partial charge in [-0.3, -0.25) is 0 Å². The van der Waals surface area contributed by atoms with Gasteiger partial charge in [0.1, 0.15) is 0 Å². The van der Waals surface area contributed by atoms with Crippen molar-refractivity contribution in [1.29, 1.82) is 0 Å². The summed E-state index contributed by atoms with van der Waals surface area (Å²) >= 11 is 1.74. The van der Waals surface area contributed by atoms with Gasteiger partial charge in [-0.2, -0.15) is 0 Å². The van der Waals surface area contributed by atoms with Crippen molar-refractivity contribution in [2.24, 2.45) is 5.41 Å². The van der Waals surface area contributed by atoms with Crippen LogP contribution in [0, 0.1) is 5.41 Å². The summed E-state index contributed by atoms with van der Waals surface area (Å²) in [6.07, 6.45) is 2.64. The van der Waals surface area contributed by atoms with E-state index in [1.807, 2.05) is 6.07 Å². The molecule has 1 aliphatic rings. The summed E-state index contributed by atoms with van der Waals surface area (Å²) in [6, 6.07) is 2.65. The van der Waals surface area contributed by atoms with Crippen LogP contribution in [0.15, 0.2) is 11.4 Å². The van der Waals surface area contributed by atoms with E-state index in [-0.39, 0.29) is 0 Å². The number of hydrogen-bond donors (Lipinski definition) is 2. The van der Waals surface area contributed by atoms with Crippen molar-refractivity contribution in [3.8, 4) is 0 Å². The molecule has 2 nitrogen and oxygen atoms in total. The van der Waals surface area contributed by atoms with Crippen LogP contribution in [0.4, 0.5) is 5.69 Å². The maximum atomic E-state index is 5.82. The van der Waals surface area contributed by atoms with Gasteiger partial charge in [-0.25, -0.2) is 0 Å². The van der Waals surface area contributed by atoms with Crippen molar-refractivity contribution >= 4 is 17.0 Å². The van der Waals surface area contributed by atoms with Gasteiger partial charge < -0.3 is 11.1 Å². The number of hydrogen-bond acceptors (Lipinski definition) is 3. The number of nitrogens with one attached hydrogen (secondary N) is 1. The van der Waals surface area contributed by atoms with Gasteiger partial charge in [-0.15, -0.1) is 11.3 Å². The van der Waals surface area contributed by atoms with Crippen LogP contribution >= 0.6 is 11.3 Å². The molecular weight excluding hydrogens is 192 g/mol. The topological polar surface area (TPSA) is 38.0 Å². The molecule has 3 N–H and O–H groups in total. The van der Waals surface area contributed by atoms with Crippen LogP contribution in [-0.2, 0) is 6.54 Å². The average Bonchev–Trinajstić information content (AvgIpc) is 2.50. The number of thiophene rings is 1. The van der Waals surface area contributed by atoms with Crippen LogP contribution in [0.1, 0.15) is 31.6 Å². The van der Waals surface area contributed by atoms with E-state index in [1.54, 1.807) is 11.3 Å². The van der Waals surface area contributed by atoms with Crippen LogP contribution in [0.25, 0.3) is 0 Å². The molecule has 1 aromatic heterocycles. The number of nitrogen functional groups attached to an aromatic ring is 1. The molecule has 2 rings (SSSR count). The summed E-state index contributed by atoms with van der Waals surface area (Å²) in [7, 11) is 0. The number of anilines is 1. The fourth-order valence-corrected chi connectivity index (χ4v) is 2.70. The Balaban J connectivity index is 1.87. The van der Waals surface area contributed by atoms with E-state index >= 15 is 0 Å². The van der Waals surface area contributed by atoms with Gasteiger partial charge in [0.2, 0.25) is 0 Å². The molecule has 0 aromatic carbocycles. The molecule has 1 unspecified atom stereocenters. The molecule has 1 heterocycles. The molecule has 0 aliphatic heterocycles. The number of rotatable bonds is 3. The predicted molar refractivity (Wildman–Crippen MR) is 62.4 cm³/mol. The van der Waals surface area contributed by atoms with Gasteiger partial charge in [0.25, 0.3) is 0 Å². The van der Waals surface area contributed by atoms with E-state index < -0.39 is 0 Å². The fraction of sp³-hybridized carbons (Fsp3) is 0.636. The Morgan fingerprint density at radius 2 is 2.43 bits per heavy atom. The highest BCUT2D eigenvalue weighted by atomic mass is 32.1. The van der Waals surface area contributed by atoms with Crippen molar-refractivity contribution < 1.29 is 0 Å². The van der Waals surface area contributed by atoms with Crippen LogP contribution in [0.3, 0.4) is 0 Å². The van der Waals surface area contributed by atoms with E-state index in [9.17, 15) is 0 Å². The van der Waals surface area contributed by atoms with Crippen molar-refractivity contribution in [3.63, 3.8) is 0 Å². The number of nitrogens with two attached hydrogens (primary N) is 1. The molecule has 1 aromatic rings. The molecule has 1 atom stereocenters. The quantitative estimate of drug-likeness (QED) is 0.805. The third-order valence-corrected chi connectivity index (χ3v) is 4.25. The second kappa shape index (κ2) is 3.55. The van der Waals surface area contributed by atoms with Gasteiger partial charge in [-0.1, -0.05) is 13.8 Å². The minimum atomic E-state index is 0.478. The Morgan fingerprint density at radius 3 is 2.86 bits per heavy atom. The highest BCUT2D eigenvalue weighted by molar-refractivity contribution is 7.10. The second-order valence-electron chi connectivity index (χ2n) is 4.76. The van der Waals surface area contributed by atoms with Crippen LogP contribution < -0.4 is 11.1 Å². The zero-order chi connectivity index (χ0) is 10.2. The highest BCUT2D eigenvalue weighted by Crippen LogP contribution is 2.40. The zero-order valence-electron chi connectivity index (χ0n) is 8.84. The standard InChI is InChI=1S/C11H18N2S/c1-11(2)5-3-10(11)13-7-9-8(12)4-6-14-9/h4,6,10,13H,3,5,7,12H2,1-2H3. The molecule has 0 radical (unpaired) electrons. The van der Waals surface area contributed by atoms with Crippen molar-refractivity contribution in [3.05, 3.63) is 16.3 Å². The zero-order valence-corrected chi connectivity index (χ0v) is 9.66. The van der Waals surface area contributed by atoms with E-state index in [1.165, 1.54) is 17.7 Å².